The smallest absolute Gasteiger partial charge is 0.355 e. The number of carbonyl (C=O) groups is 2. The third-order valence-electron chi connectivity index (χ3n) is 9.64. The summed E-state index contributed by atoms with van der Waals surface area (Å²) < 4.78 is 6.85. The van der Waals surface area contributed by atoms with Gasteiger partial charge in [0, 0.05) is 41.0 Å². The largest absolute Gasteiger partial charge is 0.464 e. The molecule has 4 aromatic rings. The Morgan fingerprint density at radius 1 is 1.00 bits per heavy atom. The van der Waals surface area contributed by atoms with Crippen molar-refractivity contribution in [3.63, 3.8) is 0 Å². The molecule has 42 heavy (non-hydrogen) atoms. The molecule has 3 N–H and O–H groups in total. The van der Waals surface area contributed by atoms with Gasteiger partial charge in [0.1, 0.15) is 11.3 Å². The van der Waals surface area contributed by atoms with Gasteiger partial charge in [0.05, 0.1) is 12.5 Å². The van der Waals surface area contributed by atoms with E-state index in [9.17, 15) is 14.4 Å². The minimum absolute atomic E-state index is 0.0413. The maximum atomic E-state index is 13.8. The van der Waals surface area contributed by atoms with Crippen molar-refractivity contribution >= 4 is 22.9 Å². The topological polar surface area (TPSA) is 116 Å². The number of methoxy groups -OCH3 is 1. The van der Waals surface area contributed by atoms with Crippen LogP contribution >= 0.6 is 0 Å². The first-order chi connectivity index (χ1) is 20.3. The Morgan fingerprint density at radius 2 is 1.71 bits per heavy atom. The maximum absolute atomic E-state index is 13.8. The zero-order valence-corrected chi connectivity index (χ0v) is 23.6. The van der Waals surface area contributed by atoms with Crippen LogP contribution in [0.3, 0.4) is 0 Å². The van der Waals surface area contributed by atoms with Crippen LogP contribution in [0.4, 0.5) is 0 Å². The van der Waals surface area contributed by atoms with Crippen molar-refractivity contribution in [3.8, 4) is 5.69 Å². The number of ether oxygens (including phenoxy) is 1. The average Bonchev–Trinajstić information content (AvgIpc) is 2.99. The van der Waals surface area contributed by atoms with E-state index in [1.165, 1.54) is 7.11 Å². The van der Waals surface area contributed by atoms with Crippen molar-refractivity contribution in [3.05, 3.63) is 106 Å². The lowest BCUT2D eigenvalue weighted by Crippen LogP contribution is -2.64. The highest BCUT2D eigenvalue weighted by Crippen LogP contribution is 2.54. The maximum Gasteiger partial charge on any atom is 0.355 e. The van der Waals surface area contributed by atoms with Crippen LogP contribution in [0.25, 0.3) is 16.7 Å². The van der Waals surface area contributed by atoms with Crippen molar-refractivity contribution < 1.29 is 14.3 Å². The predicted octanol–water partition coefficient (Wildman–Crippen LogP) is 4.40. The van der Waals surface area contributed by atoms with Gasteiger partial charge < -0.3 is 15.8 Å². The van der Waals surface area contributed by atoms with Crippen LogP contribution in [0, 0.1) is 17.8 Å². The van der Waals surface area contributed by atoms with Crippen molar-refractivity contribution in [2.45, 2.75) is 50.1 Å². The van der Waals surface area contributed by atoms with Crippen molar-refractivity contribution in [1.29, 1.82) is 0 Å². The van der Waals surface area contributed by atoms with Gasteiger partial charge in [0.15, 0.2) is 5.43 Å². The summed E-state index contributed by atoms with van der Waals surface area (Å²) in [5, 5.41) is 3.75. The van der Waals surface area contributed by atoms with Crippen LogP contribution in [0.15, 0.2) is 77.7 Å². The molecule has 4 fully saturated rings. The fourth-order valence-electron chi connectivity index (χ4n) is 8.10. The number of benzene rings is 2. The standard InChI is InChI=1S/C34H34N4O4/c1-42-33(41)29-27(30(39)26-8-5-13-36-31(26)38(29)25-6-3-2-4-7-25)16-20-9-11-22(12-10-20)32(40)37-28-23-14-21-15-24(28)19-34(35,17-21)18-23/h2-13,21,23-24,28H,14-19,35H2,1H3,(H,37,40)/t21-,23-,24+,28-,34+. The molecule has 2 aromatic heterocycles. The second-order valence-corrected chi connectivity index (χ2v) is 12.4. The molecule has 8 nitrogen and oxygen atoms in total. The highest BCUT2D eigenvalue weighted by atomic mass is 16.5. The van der Waals surface area contributed by atoms with Gasteiger partial charge in [-0.1, -0.05) is 30.3 Å². The number of pyridine rings is 2. The molecule has 8 rings (SSSR count). The van der Waals surface area contributed by atoms with Crippen LogP contribution in [-0.2, 0) is 11.2 Å². The number of aromatic nitrogens is 2. The molecule has 0 saturated heterocycles. The lowest BCUT2D eigenvalue weighted by molar-refractivity contribution is -0.0278. The highest BCUT2D eigenvalue weighted by molar-refractivity contribution is 5.95. The number of nitrogens with zero attached hydrogens (tertiary/aromatic N) is 2. The Hall–Kier alpha value is -4.30. The Bertz CT molecular complexity index is 1730. The summed E-state index contributed by atoms with van der Waals surface area (Å²) >= 11 is 0. The third kappa shape index (κ3) is 4.50. The molecule has 4 saturated carbocycles. The Kier molecular flexibility index (Phi) is 6.46. The van der Waals surface area contributed by atoms with Gasteiger partial charge in [-0.15, -0.1) is 0 Å². The van der Waals surface area contributed by atoms with Gasteiger partial charge in [-0.05, 0) is 91.8 Å². The lowest BCUT2D eigenvalue weighted by atomic mass is 9.51. The molecule has 1 amide bonds. The molecule has 0 radical (unpaired) electrons. The molecule has 4 bridgehead atoms. The summed E-state index contributed by atoms with van der Waals surface area (Å²) in [6.07, 6.45) is 7.22. The Morgan fingerprint density at radius 3 is 2.38 bits per heavy atom. The lowest BCUT2D eigenvalue weighted by Gasteiger charge is -2.58. The van der Waals surface area contributed by atoms with Gasteiger partial charge in [0.2, 0.25) is 0 Å². The first-order valence-corrected chi connectivity index (χ1v) is 14.7. The number of fused-ring (bicyclic) bond motifs is 1. The number of rotatable bonds is 6. The fraction of sp³-hybridized carbons (Fsp3) is 0.353. The molecule has 214 valence electrons. The number of nitrogens with two attached hydrogens (primary N) is 1. The van der Waals surface area contributed by atoms with Gasteiger partial charge in [-0.25, -0.2) is 9.78 Å². The molecule has 2 aromatic carbocycles. The minimum atomic E-state index is -0.621. The zero-order valence-electron chi connectivity index (χ0n) is 23.6. The van der Waals surface area contributed by atoms with Gasteiger partial charge in [-0.2, -0.15) is 0 Å². The number of amides is 1. The monoisotopic (exact) mass is 562 g/mol. The summed E-state index contributed by atoms with van der Waals surface area (Å²) in [6, 6.07) is 20.2. The first kappa shape index (κ1) is 26.6. The Balaban J connectivity index is 1.20. The van der Waals surface area contributed by atoms with Crippen LogP contribution in [0.1, 0.15) is 64.1 Å². The first-order valence-electron chi connectivity index (χ1n) is 14.7. The summed E-state index contributed by atoms with van der Waals surface area (Å²) in [5.74, 6) is 0.908. The molecule has 0 unspecified atom stereocenters. The number of hydrogen-bond acceptors (Lipinski definition) is 6. The molecule has 5 atom stereocenters. The van der Waals surface area contributed by atoms with E-state index in [0.717, 1.165) is 37.7 Å². The highest BCUT2D eigenvalue weighted by Gasteiger charge is 2.54. The van der Waals surface area contributed by atoms with E-state index in [-0.39, 0.29) is 35.0 Å². The van der Waals surface area contributed by atoms with Crippen LogP contribution in [0.5, 0.6) is 0 Å². The molecular weight excluding hydrogens is 528 g/mol. The van der Waals surface area contributed by atoms with Gasteiger partial charge in [0.25, 0.3) is 5.91 Å². The van der Waals surface area contributed by atoms with Gasteiger partial charge in [-0.3, -0.25) is 14.2 Å². The second kappa shape index (κ2) is 10.2. The zero-order chi connectivity index (χ0) is 29.0. The molecule has 0 aliphatic heterocycles. The number of para-hydroxylation sites is 1. The second-order valence-electron chi connectivity index (χ2n) is 12.4. The molecule has 0 spiro atoms. The number of nitrogens with one attached hydrogen (secondary N) is 1. The fourth-order valence-corrected chi connectivity index (χ4v) is 8.10. The number of hydrogen-bond donors (Lipinski definition) is 2. The number of esters is 1. The van der Waals surface area contributed by atoms with E-state index in [4.69, 9.17) is 10.5 Å². The molecule has 4 aliphatic carbocycles. The average molecular weight is 563 g/mol. The van der Waals surface area contributed by atoms with Gasteiger partial charge >= 0.3 is 5.97 Å². The summed E-state index contributed by atoms with van der Waals surface area (Å²) in [5.41, 5.74) is 9.26. The van der Waals surface area contributed by atoms with Crippen molar-refractivity contribution in [1.82, 2.24) is 14.9 Å². The minimum Gasteiger partial charge on any atom is -0.464 e. The van der Waals surface area contributed by atoms with Crippen LogP contribution in [0.2, 0.25) is 0 Å². The molecular formula is C34H34N4O4. The van der Waals surface area contributed by atoms with Crippen LogP contribution < -0.4 is 16.5 Å². The van der Waals surface area contributed by atoms with Crippen molar-refractivity contribution in [2.24, 2.45) is 23.5 Å². The van der Waals surface area contributed by atoms with Crippen LogP contribution in [-0.4, -0.2) is 40.1 Å². The normalized spacial score (nSPS) is 25.9. The Labute approximate surface area is 243 Å². The van der Waals surface area contributed by atoms with E-state index in [0.29, 0.717) is 45.6 Å². The quantitative estimate of drug-likeness (QED) is 0.337. The molecule has 8 heteroatoms. The summed E-state index contributed by atoms with van der Waals surface area (Å²) in [6.45, 7) is 0. The summed E-state index contributed by atoms with van der Waals surface area (Å²) in [7, 11) is 1.30. The summed E-state index contributed by atoms with van der Waals surface area (Å²) in [4.78, 5) is 44.7. The van der Waals surface area contributed by atoms with E-state index in [1.807, 2.05) is 42.5 Å². The SMILES string of the molecule is COC(=O)c1c(Cc2ccc(C(=O)N[C@@H]3[C@@H]4C[C@@H]5C[C@H]3C[C@](N)(C5)C4)cc2)c(=O)c2cccnc2n1-c1ccccc1. The van der Waals surface area contributed by atoms with E-state index in [2.05, 4.69) is 10.3 Å². The van der Waals surface area contributed by atoms with E-state index >= 15 is 0 Å². The van der Waals surface area contributed by atoms with Crippen molar-refractivity contribution in [2.75, 3.05) is 7.11 Å². The predicted molar refractivity (Wildman–Crippen MR) is 160 cm³/mol. The third-order valence-corrected chi connectivity index (χ3v) is 9.64. The van der Waals surface area contributed by atoms with E-state index in [1.54, 1.807) is 35.0 Å². The molecule has 4 aliphatic rings. The molecule has 2 heterocycles. The number of carbonyl (C=O) groups excluding carboxylic acids is 2. The van der Waals surface area contributed by atoms with E-state index < -0.39 is 5.97 Å².